The Bertz CT molecular complexity index is 1130. The van der Waals surface area contributed by atoms with Crippen molar-refractivity contribution >= 4 is 27.9 Å². The number of nitrogens with zero attached hydrogens (tertiary/aromatic N) is 1. The number of hydrogen-bond donors (Lipinski definition) is 1. The van der Waals surface area contributed by atoms with Gasteiger partial charge in [0.15, 0.2) is 0 Å². The first-order valence-electron chi connectivity index (χ1n) is 12.7. The van der Waals surface area contributed by atoms with Crippen LogP contribution in [-0.4, -0.2) is 44.1 Å². The number of nitrogens with one attached hydrogen (secondary N) is 1. The van der Waals surface area contributed by atoms with Gasteiger partial charge in [-0.15, -0.1) is 0 Å². The fraction of sp³-hybridized carbons (Fsp3) is 0.593. The van der Waals surface area contributed by atoms with Crippen molar-refractivity contribution in [3.8, 4) is 0 Å². The van der Waals surface area contributed by atoms with Gasteiger partial charge < -0.3 is 10.1 Å². The Morgan fingerprint density at radius 3 is 2.44 bits per heavy atom. The maximum atomic E-state index is 14.5. The molecule has 1 amide bonds. The van der Waals surface area contributed by atoms with Crippen molar-refractivity contribution < 1.29 is 22.3 Å². The van der Waals surface area contributed by atoms with Crippen molar-refractivity contribution in [1.29, 1.82) is 0 Å². The molecule has 6 nitrogen and oxygen atoms in total. The molecule has 1 heterocycles. The molecule has 1 saturated carbocycles. The Labute approximate surface area is 219 Å². The smallest absolute Gasteiger partial charge is 0.407 e. The zero-order valence-electron chi connectivity index (χ0n) is 22.3. The van der Waals surface area contributed by atoms with E-state index in [2.05, 4.69) is 5.32 Å². The van der Waals surface area contributed by atoms with E-state index in [0.29, 0.717) is 29.4 Å². The fourth-order valence-electron chi connectivity index (χ4n) is 4.67. The molecule has 3 aliphatic rings. The molecule has 1 aromatic carbocycles. The highest BCUT2D eigenvalue weighted by atomic mass is 32.2. The highest BCUT2D eigenvalue weighted by Crippen LogP contribution is 2.53. The number of aryl methyl sites for hydroxylation is 1. The van der Waals surface area contributed by atoms with E-state index in [9.17, 15) is 17.6 Å². The average Bonchev–Trinajstić information content (AvgIpc) is 3.22. The zero-order chi connectivity index (χ0) is 26.8. The third-order valence-electron chi connectivity index (χ3n) is 6.50. The Balaban J connectivity index is 0.00000176. The van der Waals surface area contributed by atoms with Gasteiger partial charge >= 0.3 is 6.09 Å². The van der Waals surface area contributed by atoms with Crippen LogP contribution in [0.2, 0.25) is 0 Å². The van der Waals surface area contributed by atoms with Crippen molar-refractivity contribution in [3.63, 3.8) is 0 Å². The number of thioether (sulfide) groups is 1. The number of amides is 1. The summed E-state index contributed by atoms with van der Waals surface area (Å²) in [5.41, 5.74) is 0.371. The maximum Gasteiger partial charge on any atom is 0.407 e. The third kappa shape index (κ3) is 6.72. The first-order chi connectivity index (χ1) is 16.8. The molecular weight excluding hydrogens is 499 g/mol. The van der Waals surface area contributed by atoms with Crippen LogP contribution in [0, 0.1) is 30.6 Å². The van der Waals surface area contributed by atoms with Gasteiger partial charge in [-0.05, 0) is 81.6 Å². The molecule has 1 saturated heterocycles. The van der Waals surface area contributed by atoms with Gasteiger partial charge in [0.05, 0.1) is 4.90 Å². The molecule has 0 aromatic heterocycles. The molecule has 0 bridgehead atoms. The Morgan fingerprint density at radius 2 is 1.86 bits per heavy atom. The summed E-state index contributed by atoms with van der Waals surface area (Å²) in [4.78, 5) is 13.2. The lowest BCUT2D eigenvalue weighted by atomic mass is 10.0. The van der Waals surface area contributed by atoms with Crippen molar-refractivity contribution in [2.45, 2.75) is 70.3 Å². The number of carbonyl (C=O) groups is 1. The van der Waals surface area contributed by atoms with Gasteiger partial charge in [-0.1, -0.05) is 44.7 Å². The van der Waals surface area contributed by atoms with Gasteiger partial charge in [0.2, 0.25) is 10.0 Å². The van der Waals surface area contributed by atoms with E-state index in [1.165, 1.54) is 16.1 Å². The van der Waals surface area contributed by atoms with Crippen LogP contribution in [0.5, 0.6) is 0 Å². The highest BCUT2D eigenvalue weighted by Gasteiger charge is 2.57. The van der Waals surface area contributed by atoms with Crippen LogP contribution < -0.4 is 5.32 Å². The fourth-order valence-corrected chi connectivity index (χ4v) is 7.68. The van der Waals surface area contributed by atoms with Gasteiger partial charge in [0.1, 0.15) is 11.4 Å². The molecule has 9 heteroatoms. The average molecular weight is 539 g/mol. The van der Waals surface area contributed by atoms with E-state index in [1.54, 1.807) is 18.2 Å². The Hall–Kier alpha value is -1.84. The van der Waals surface area contributed by atoms with Crippen LogP contribution in [0.4, 0.5) is 9.18 Å². The number of halogens is 1. The molecule has 3 atom stereocenters. The molecule has 0 spiro atoms. The van der Waals surface area contributed by atoms with E-state index in [-0.39, 0.29) is 34.4 Å². The van der Waals surface area contributed by atoms with Gasteiger partial charge in [-0.3, -0.25) is 0 Å². The summed E-state index contributed by atoms with van der Waals surface area (Å²) in [5.74, 6) is 0.568. The second kappa shape index (κ2) is 11.3. The van der Waals surface area contributed by atoms with Crippen molar-refractivity contribution in [2.24, 2.45) is 23.7 Å². The molecule has 1 aliphatic heterocycles. The predicted molar refractivity (Wildman–Crippen MR) is 143 cm³/mol. The lowest BCUT2D eigenvalue weighted by molar-refractivity contribution is 0.0523. The molecule has 0 radical (unpaired) electrons. The van der Waals surface area contributed by atoms with Crippen LogP contribution in [0.15, 0.2) is 50.9 Å². The van der Waals surface area contributed by atoms with Crippen molar-refractivity contribution in [2.75, 3.05) is 19.6 Å². The number of carbonyl (C=O) groups excluding carboxylic acids is 1. The SMILES string of the molecule is CC.Cc1ccc(S(=O)(=O)N2CC3C(CNC(=O)OC(C)(C)C)C3C2)c(SC2=CCC(C)C=C2F)c1. The molecule has 1 N–H and O–H groups in total. The summed E-state index contributed by atoms with van der Waals surface area (Å²) in [7, 11) is -3.72. The first-order valence-corrected chi connectivity index (χ1v) is 14.9. The van der Waals surface area contributed by atoms with Crippen LogP contribution in [-0.2, 0) is 14.8 Å². The second-order valence-electron chi connectivity index (χ2n) is 10.5. The summed E-state index contributed by atoms with van der Waals surface area (Å²) in [5, 5.41) is 2.80. The largest absolute Gasteiger partial charge is 0.444 e. The minimum absolute atomic E-state index is 0.138. The molecular formula is C27H39FN2O4S2. The van der Waals surface area contributed by atoms with Gasteiger partial charge in [-0.25, -0.2) is 17.6 Å². The number of benzene rings is 1. The number of ether oxygens (including phenoxy) is 1. The number of fused-ring (bicyclic) bond motifs is 1. The molecule has 2 aliphatic carbocycles. The van der Waals surface area contributed by atoms with E-state index >= 15 is 0 Å². The monoisotopic (exact) mass is 538 g/mol. The van der Waals surface area contributed by atoms with Crippen LogP contribution in [0.3, 0.4) is 0 Å². The van der Waals surface area contributed by atoms with Gasteiger partial charge in [0.25, 0.3) is 0 Å². The normalized spacial score (nSPS) is 25.7. The highest BCUT2D eigenvalue weighted by molar-refractivity contribution is 8.03. The third-order valence-corrected chi connectivity index (χ3v) is 9.66. The van der Waals surface area contributed by atoms with Crippen molar-refractivity contribution in [1.82, 2.24) is 9.62 Å². The Kier molecular flexibility index (Phi) is 8.99. The summed E-state index contributed by atoms with van der Waals surface area (Å²) < 4.78 is 48.4. The Morgan fingerprint density at radius 1 is 1.22 bits per heavy atom. The van der Waals surface area contributed by atoms with E-state index in [1.807, 2.05) is 60.6 Å². The number of allylic oxidation sites excluding steroid dienone is 3. The quantitative estimate of drug-likeness (QED) is 0.461. The summed E-state index contributed by atoms with van der Waals surface area (Å²) in [6.45, 7) is 14.6. The molecule has 200 valence electrons. The van der Waals surface area contributed by atoms with Crippen LogP contribution >= 0.6 is 11.8 Å². The zero-order valence-corrected chi connectivity index (χ0v) is 23.9. The second-order valence-corrected chi connectivity index (χ2v) is 13.5. The molecule has 4 rings (SSSR count). The van der Waals surface area contributed by atoms with E-state index in [4.69, 9.17) is 4.74 Å². The number of sulfonamides is 1. The predicted octanol–water partition coefficient (Wildman–Crippen LogP) is 6.28. The molecule has 1 aromatic rings. The van der Waals surface area contributed by atoms with Crippen molar-refractivity contribution in [3.05, 3.63) is 46.6 Å². The topological polar surface area (TPSA) is 75.7 Å². The van der Waals surface area contributed by atoms with E-state index < -0.39 is 21.7 Å². The van der Waals surface area contributed by atoms with Crippen LogP contribution in [0.1, 0.15) is 53.5 Å². The number of piperidine rings is 1. The minimum atomic E-state index is -3.72. The molecule has 2 fully saturated rings. The minimum Gasteiger partial charge on any atom is -0.444 e. The number of hydrogen-bond acceptors (Lipinski definition) is 5. The van der Waals surface area contributed by atoms with Gasteiger partial charge in [0, 0.05) is 29.4 Å². The first kappa shape index (κ1) is 28.7. The number of rotatable bonds is 6. The van der Waals surface area contributed by atoms with Gasteiger partial charge in [-0.2, -0.15) is 4.31 Å². The maximum absolute atomic E-state index is 14.5. The standard InChI is InChI=1S/C25H33FN2O4S2.C2H6/c1-15-6-8-21(20(26)10-15)33-22-11-16(2)7-9-23(22)34(30,31)28-13-18-17(19(18)14-28)12-27-24(29)32-25(3,4)5;1-2/h7-11,15,17-19H,6,12-14H2,1-5H3,(H,27,29);1-2H3. The number of alkyl carbamates (subject to hydrolysis) is 1. The lowest BCUT2D eigenvalue weighted by Crippen LogP contribution is -2.36. The summed E-state index contributed by atoms with van der Waals surface area (Å²) in [6, 6.07) is 5.23. The summed E-state index contributed by atoms with van der Waals surface area (Å²) in [6.07, 6.45) is 3.72. The van der Waals surface area contributed by atoms with E-state index in [0.717, 1.165) is 12.0 Å². The molecule has 3 unspecified atom stereocenters. The lowest BCUT2D eigenvalue weighted by Gasteiger charge is -2.23. The molecule has 36 heavy (non-hydrogen) atoms. The summed E-state index contributed by atoms with van der Waals surface area (Å²) >= 11 is 1.18. The van der Waals surface area contributed by atoms with Crippen LogP contribution in [0.25, 0.3) is 0 Å².